The van der Waals surface area contributed by atoms with Crippen LogP contribution in [0.3, 0.4) is 0 Å². The molecule has 1 unspecified atom stereocenters. The van der Waals surface area contributed by atoms with E-state index in [1.54, 1.807) is 0 Å². The molecule has 5 nitrogen and oxygen atoms in total. The highest BCUT2D eigenvalue weighted by atomic mass is 35.5. The van der Waals surface area contributed by atoms with Gasteiger partial charge < -0.3 is 14.9 Å². The van der Waals surface area contributed by atoms with Gasteiger partial charge in [-0.1, -0.05) is 35.3 Å². The molecule has 0 radical (unpaired) electrons. The minimum atomic E-state index is -2.22. The Kier molecular flexibility index (Phi) is 7.41. The molecule has 0 aromatic heterocycles. The van der Waals surface area contributed by atoms with Crippen molar-refractivity contribution < 1.29 is 33.3 Å². The number of carboxylic acid groups (broad SMARTS) is 1. The maximum atomic E-state index is 14.1. The van der Waals surface area contributed by atoms with Crippen molar-refractivity contribution in [1.82, 2.24) is 0 Å². The minimum Gasteiger partial charge on any atom is -0.501 e. The number of rotatable bonds is 8. The molecule has 0 spiro atoms. The molecule has 2 aromatic carbocycles. The Morgan fingerprint density at radius 3 is 2.10 bits per heavy atom. The highest BCUT2D eigenvalue weighted by molar-refractivity contribution is 8.02. The number of esters is 1. The van der Waals surface area contributed by atoms with Crippen LogP contribution in [0.4, 0.5) is 8.78 Å². The van der Waals surface area contributed by atoms with Crippen molar-refractivity contribution in [2.75, 3.05) is 5.75 Å². The number of aliphatic carboxylic acids is 1. The van der Waals surface area contributed by atoms with Crippen molar-refractivity contribution in [3.05, 3.63) is 79.9 Å². The van der Waals surface area contributed by atoms with E-state index in [2.05, 4.69) is 0 Å². The normalized spacial score (nSPS) is 18.4. The summed E-state index contributed by atoms with van der Waals surface area (Å²) in [5.41, 5.74) is -1.97. The van der Waals surface area contributed by atoms with Crippen molar-refractivity contribution in [1.29, 1.82) is 0 Å². The van der Waals surface area contributed by atoms with Crippen LogP contribution in [0.1, 0.15) is 11.1 Å². The van der Waals surface area contributed by atoms with Gasteiger partial charge in [-0.15, -0.1) is 11.8 Å². The summed E-state index contributed by atoms with van der Waals surface area (Å²) in [4.78, 5) is 23.8. The van der Waals surface area contributed by atoms with E-state index in [9.17, 15) is 28.6 Å². The number of aliphatic hydroxyl groups is 1. The van der Waals surface area contributed by atoms with E-state index >= 15 is 0 Å². The fourth-order valence-electron chi connectivity index (χ4n) is 2.80. The van der Waals surface area contributed by atoms with Crippen LogP contribution < -0.4 is 0 Å². The number of carbonyl (C=O) groups is 2. The quantitative estimate of drug-likeness (QED) is 0.451. The number of thioether (sulfide) groups is 2. The lowest BCUT2D eigenvalue weighted by Crippen LogP contribution is -2.43. The fourth-order valence-corrected chi connectivity index (χ4v) is 5.96. The van der Waals surface area contributed by atoms with Gasteiger partial charge in [0.2, 0.25) is 5.76 Å². The maximum absolute atomic E-state index is 14.1. The Hall–Kier alpha value is -1.94. The number of halogens is 4. The molecule has 0 saturated heterocycles. The molecular weight excluding hydrogens is 493 g/mol. The zero-order valence-electron chi connectivity index (χ0n) is 15.5. The SMILES string of the molecule is O=C1OC(CSCc2c(F)cccc2Cl)(C(=O)O)C(SCc2c(F)cccc2Cl)=C1O. The predicted molar refractivity (Wildman–Crippen MR) is 116 cm³/mol. The molecule has 1 aliphatic heterocycles. The van der Waals surface area contributed by atoms with Crippen LogP contribution in [0.5, 0.6) is 0 Å². The van der Waals surface area contributed by atoms with Gasteiger partial charge in [0.15, 0.2) is 0 Å². The van der Waals surface area contributed by atoms with Crippen molar-refractivity contribution in [2.45, 2.75) is 17.1 Å². The zero-order valence-corrected chi connectivity index (χ0v) is 18.7. The monoisotopic (exact) mass is 506 g/mol. The van der Waals surface area contributed by atoms with E-state index in [4.69, 9.17) is 27.9 Å². The van der Waals surface area contributed by atoms with E-state index < -0.39 is 34.9 Å². The average Bonchev–Trinajstić information content (AvgIpc) is 2.95. The molecule has 0 aliphatic carbocycles. The van der Waals surface area contributed by atoms with Gasteiger partial charge in [-0.05, 0) is 24.3 Å². The lowest BCUT2D eigenvalue weighted by atomic mass is 10.1. The minimum absolute atomic E-state index is 0.00403. The second-order valence-corrected chi connectivity index (χ2v) is 9.17. The van der Waals surface area contributed by atoms with Crippen LogP contribution in [0.15, 0.2) is 47.1 Å². The van der Waals surface area contributed by atoms with Crippen LogP contribution >= 0.6 is 46.7 Å². The zero-order chi connectivity index (χ0) is 22.8. The smallest absolute Gasteiger partial charge is 0.375 e. The number of benzene rings is 2. The average molecular weight is 507 g/mol. The third-order valence-electron chi connectivity index (χ3n) is 4.42. The number of cyclic esters (lactones) is 1. The van der Waals surface area contributed by atoms with Crippen molar-refractivity contribution in [3.8, 4) is 0 Å². The van der Waals surface area contributed by atoms with Gasteiger partial charge in [-0.25, -0.2) is 18.4 Å². The number of ether oxygens (including phenoxy) is 1. The van der Waals surface area contributed by atoms with E-state index in [0.717, 1.165) is 23.5 Å². The van der Waals surface area contributed by atoms with Crippen molar-refractivity contribution >= 4 is 58.7 Å². The van der Waals surface area contributed by atoms with E-state index in [-0.39, 0.29) is 43.3 Å². The largest absolute Gasteiger partial charge is 0.501 e. The third kappa shape index (κ3) is 4.79. The standard InChI is InChI=1S/C20H14Cl2F2O5S2/c21-12-3-1-5-14(23)10(12)7-30-9-20(19(27)28)17(16(25)18(26)29-20)31-8-11-13(22)4-2-6-15(11)24/h1-6,25H,7-9H2,(H,27,28). The van der Waals surface area contributed by atoms with E-state index in [1.807, 2.05) is 0 Å². The molecule has 164 valence electrons. The molecule has 0 amide bonds. The second-order valence-electron chi connectivity index (χ2n) is 6.38. The van der Waals surface area contributed by atoms with Crippen molar-refractivity contribution in [3.63, 3.8) is 0 Å². The van der Waals surface area contributed by atoms with Gasteiger partial charge in [-0.2, -0.15) is 11.8 Å². The van der Waals surface area contributed by atoms with E-state index in [1.165, 1.54) is 36.4 Å². The second kappa shape index (κ2) is 9.68. The molecule has 0 saturated carbocycles. The Morgan fingerprint density at radius 1 is 1.03 bits per heavy atom. The van der Waals surface area contributed by atoms with Crippen LogP contribution in [-0.2, 0) is 25.8 Å². The lowest BCUT2D eigenvalue weighted by molar-refractivity contribution is -0.165. The summed E-state index contributed by atoms with van der Waals surface area (Å²) in [6.45, 7) is 0. The summed E-state index contributed by atoms with van der Waals surface area (Å²) >= 11 is 13.7. The first kappa shape index (κ1) is 23.7. The molecule has 31 heavy (non-hydrogen) atoms. The summed E-state index contributed by atoms with van der Waals surface area (Å²) < 4.78 is 33.1. The molecule has 1 aliphatic rings. The van der Waals surface area contributed by atoms with Crippen LogP contribution in [-0.4, -0.2) is 33.5 Å². The van der Waals surface area contributed by atoms with Crippen molar-refractivity contribution in [2.24, 2.45) is 0 Å². The Balaban J connectivity index is 1.83. The predicted octanol–water partition coefficient (Wildman–Crippen LogP) is 5.59. The van der Waals surface area contributed by atoms with Crippen LogP contribution in [0.25, 0.3) is 0 Å². The Morgan fingerprint density at radius 2 is 1.58 bits per heavy atom. The summed E-state index contributed by atoms with van der Waals surface area (Å²) in [5, 5.41) is 20.3. The first-order valence-corrected chi connectivity index (χ1v) is 11.5. The summed E-state index contributed by atoms with van der Waals surface area (Å²) in [6.07, 6.45) is 0. The molecule has 0 fully saturated rings. The molecule has 2 aromatic rings. The first-order valence-electron chi connectivity index (χ1n) is 8.64. The Labute approximate surface area is 194 Å². The molecule has 1 atom stereocenters. The molecule has 2 N–H and O–H groups in total. The van der Waals surface area contributed by atoms with Gasteiger partial charge in [0.1, 0.15) is 11.6 Å². The van der Waals surface area contributed by atoms with Crippen LogP contribution in [0.2, 0.25) is 10.0 Å². The highest BCUT2D eigenvalue weighted by Gasteiger charge is 2.54. The lowest BCUT2D eigenvalue weighted by Gasteiger charge is -2.25. The van der Waals surface area contributed by atoms with Gasteiger partial charge in [-0.3, -0.25) is 0 Å². The molecular formula is C20H14Cl2F2O5S2. The summed E-state index contributed by atoms with van der Waals surface area (Å²) in [6, 6.07) is 8.21. The summed E-state index contributed by atoms with van der Waals surface area (Å²) in [7, 11) is 0. The molecule has 11 heteroatoms. The number of aliphatic hydroxyl groups excluding tert-OH is 1. The maximum Gasteiger partial charge on any atom is 0.375 e. The molecule has 1 heterocycles. The van der Waals surface area contributed by atoms with Gasteiger partial charge in [0, 0.05) is 38.4 Å². The number of hydrogen-bond acceptors (Lipinski definition) is 6. The molecule has 3 rings (SSSR count). The van der Waals surface area contributed by atoms with E-state index in [0.29, 0.717) is 0 Å². The van der Waals surface area contributed by atoms with Gasteiger partial charge >= 0.3 is 11.9 Å². The summed E-state index contributed by atoms with van der Waals surface area (Å²) in [5.74, 6) is -5.28. The molecule has 0 bridgehead atoms. The highest BCUT2D eigenvalue weighted by Crippen LogP contribution is 2.44. The number of carbonyl (C=O) groups excluding carboxylic acids is 1. The number of hydrogen-bond donors (Lipinski definition) is 2. The van der Waals surface area contributed by atoms with Gasteiger partial charge in [0.05, 0.1) is 4.91 Å². The Bertz CT molecular complexity index is 1040. The topological polar surface area (TPSA) is 83.8 Å². The van der Waals surface area contributed by atoms with Gasteiger partial charge in [0.25, 0.3) is 5.60 Å². The fraction of sp³-hybridized carbons (Fsp3) is 0.200. The van der Waals surface area contributed by atoms with Crippen LogP contribution in [0, 0.1) is 11.6 Å². The first-order chi connectivity index (χ1) is 14.7. The third-order valence-corrected chi connectivity index (χ3v) is 7.48. The number of carboxylic acids is 1.